The molecule has 0 saturated carbocycles. The third kappa shape index (κ3) is 23.5. The zero-order chi connectivity index (χ0) is 66.2. The minimum Gasteiger partial charge on any atom is -0.464 e. The van der Waals surface area contributed by atoms with Crippen molar-refractivity contribution >= 4 is 212 Å². The number of carbonyl (C=O) groups excluding carboxylic acids is 2. The Morgan fingerprint density at radius 3 is 1.64 bits per heavy atom. The van der Waals surface area contributed by atoms with Gasteiger partial charge in [0.15, 0.2) is 16.3 Å². The minimum absolute atomic E-state index is 0.133. The van der Waals surface area contributed by atoms with Crippen molar-refractivity contribution in [1.29, 1.82) is 0 Å². The minimum atomic E-state index is -2.65. The van der Waals surface area contributed by atoms with Crippen molar-refractivity contribution in [2.45, 2.75) is 110 Å². The molecular formula is C58H53BBr6Cl6F4N6O6S. The van der Waals surface area contributed by atoms with E-state index in [4.69, 9.17) is 88.4 Å². The van der Waals surface area contributed by atoms with Gasteiger partial charge in [-0.25, -0.2) is 52.3 Å². The number of fused-ring (bicyclic) bond motifs is 1. The van der Waals surface area contributed by atoms with Crippen molar-refractivity contribution in [2.75, 3.05) is 6.61 Å². The van der Waals surface area contributed by atoms with E-state index in [1.807, 2.05) is 92.6 Å². The van der Waals surface area contributed by atoms with E-state index < -0.39 is 48.8 Å². The van der Waals surface area contributed by atoms with Crippen molar-refractivity contribution in [1.82, 2.24) is 29.9 Å². The predicted molar refractivity (Wildman–Crippen MR) is 368 cm³/mol. The topological polar surface area (TPSA) is 148 Å². The molecule has 1 aliphatic rings. The number of halogens is 16. The maximum absolute atomic E-state index is 13.0. The van der Waals surface area contributed by atoms with Gasteiger partial charge in [-0.1, -0.05) is 145 Å². The van der Waals surface area contributed by atoms with Crippen LogP contribution in [-0.2, 0) is 28.9 Å². The summed E-state index contributed by atoms with van der Waals surface area (Å²) in [5.74, 6) is -0.399. The van der Waals surface area contributed by atoms with E-state index in [-0.39, 0.29) is 38.0 Å². The summed E-state index contributed by atoms with van der Waals surface area (Å²) in [6.07, 6.45) is 1.68. The van der Waals surface area contributed by atoms with Crippen LogP contribution in [0.15, 0.2) is 113 Å². The number of benzene rings is 2. The Hall–Kier alpha value is -2.50. The first-order valence-electron chi connectivity index (χ1n) is 25.5. The lowest BCUT2D eigenvalue weighted by Crippen LogP contribution is -2.41. The van der Waals surface area contributed by atoms with Gasteiger partial charge in [0.1, 0.15) is 25.8 Å². The van der Waals surface area contributed by atoms with Crippen molar-refractivity contribution in [3.8, 4) is 11.1 Å². The second kappa shape index (κ2) is 35.7. The summed E-state index contributed by atoms with van der Waals surface area (Å²) in [5, 5.41) is 3.17. The molecule has 1 aliphatic heterocycles. The fourth-order valence-corrected chi connectivity index (χ4v) is 12.6. The Balaban J connectivity index is 0.000000242. The van der Waals surface area contributed by atoms with Gasteiger partial charge in [0, 0.05) is 81.5 Å². The standard InChI is InChI=1S/C22H23BrClNO3S.C12H15BClF2NO2.C6H4Br2ClN.C6H3BrClF2N.C6H3BrClNO.C6H5BrClN/c1-6-27-20(26)18(28-22(3,4)5)16-12(2)11-15-19(29-21(23)25-15)17(16)13-7-9-14(24)10-8-13;1-11(2)12(3,4)19-13(18-11)8-5-9(14)17-6-7(8)10(15)16;7-2-4-3-10-6(9)1-5(4)8;7-4-1-5(8)11-2-3(4)6(9)10;7-5-1-6(8)9-2-4(5)3-10;1-4-3-9-6(8)2-5(4)7/h7-11,18H,6H2,1-5H3;5-6,10H,1-4H3;1,3H,2H2;1-2,6H;1-3H;2-3H,1H3/t18-;;;;;/m0...../s1. The molecule has 9 rings (SSSR count). The van der Waals surface area contributed by atoms with Gasteiger partial charge < -0.3 is 18.8 Å². The van der Waals surface area contributed by atoms with E-state index >= 15 is 0 Å². The number of carbonyl (C=O) groups is 2. The number of aldehydes is 1. The van der Waals surface area contributed by atoms with Gasteiger partial charge in [-0.3, -0.25) is 4.79 Å². The van der Waals surface area contributed by atoms with E-state index in [1.165, 1.54) is 29.7 Å². The SMILES string of the molecule is CC1(C)OB(c2cc(Cl)ncc2C(F)F)OC1(C)C.CCOC(=O)[C@@H](OC(C)(C)C)c1c(C)cc2nc(Br)sc2c1-c1ccc(Cl)cc1.Cc1cnc(Cl)cc1Br.Clc1cc(Br)c(CBr)cn1.FC(F)c1cnc(Cl)cc1Br.O=Cc1cnc(Cl)cc1Br. The zero-order valence-electron chi connectivity index (χ0n) is 48.0. The van der Waals surface area contributed by atoms with Gasteiger partial charge in [0.25, 0.3) is 12.9 Å². The molecule has 12 nitrogen and oxygen atoms in total. The molecule has 0 bridgehead atoms. The third-order valence-corrected chi connectivity index (χ3v) is 18.4. The molecule has 0 spiro atoms. The Morgan fingerprint density at radius 1 is 0.682 bits per heavy atom. The predicted octanol–water partition coefficient (Wildman–Crippen LogP) is 22.0. The first kappa shape index (κ1) is 78.0. The fraction of sp³-hybridized carbons (Fsp3) is 0.310. The van der Waals surface area contributed by atoms with Gasteiger partial charge in [-0.2, -0.15) is 0 Å². The highest BCUT2D eigenvalue weighted by atomic mass is 79.9. The van der Waals surface area contributed by atoms with Crippen LogP contribution in [-0.4, -0.2) is 72.7 Å². The molecule has 8 aromatic rings. The lowest BCUT2D eigenvalue weighted by atomic mass is 9.77. The van der Waals surface area contributed by atoms with Crippen LogP contribution in [0.2, 0.25) is 30.8 Å². The Labute approximate surface area is 592 Å². The summed E-state index contributed by atoms with van der Waals surface area (Å²) in [6.45, 7) is 19.2. The molecule has 1 saturated heterocycles. The molecule has 472 valence electrons. The highest BCUT2D eigenvalue weighted by molar-refractivity contribution is 9.11. The van der Waals surface area contributed by atoms with Crippen LogP contribution in [0.25, 0.3) is 21.3 Å². The normalized spacial score (nSPS) is 13.3. The molecule has 0 amide bonds. The summed E-state index contributed by atoms with van der Waals surface area (Å²) in [7, 11) is -0.866. The van der Waals surface area contributed by atoms with Crippen LogP contribution in [0.1, 0.15) is 118 Å². The zero-order valence-corrected chi connectivity index (χ0v) is 62.9. The number of esters is 1. The van der Waals surface area contributed by atoms with Gasteiger partial charge in [0.2, 0.25) is 0 Å². The summed E-state index contributed by atoms with van der Waals surface area (Å²) in [6, 6.07) is 17.4. The van der Waals surface area contributed by atoms with Crippen LogP contribution in [0.4, 0.5) is 17.6 Å². The van der Waals surface area contributed by atoms with E-state index in [9.17, 15) is 27.2 Å². The van der Waals surface area contributed by atoms with E-state index in [2.05, 4.69) is 125 Å². The fourth-order valence-electron chi connectivity index (χ4n) is 7.13. The van der Waals surface area contributed by atoms with Gasteiger partial charge in [0.05, 0.1) is 39.2 Å². The monoisotopic (exact) mass is 1730 g/mol. The van der Waals surface area contributed by atoms with Crippen molar-refractivity contribution in [2.24, 2.45) is 0 Å². The smallest absolute Gasteiger partial charge is 0.464 e. The summed E-state index contributed by atoms with van der Waals surface area (Å²) >= 11 is 55.1. The maximum atomic E-state index is 13.0. The molecule has 0 aliphatic carbocycles. The van der Waals surface area contributed by atoms with Gasteiger partial charge in [-0.05, 0) is 177 Å². The second-order valence-corrected chi connectivity index (χ2v) is 28.8. The van der Waals surface area contributed by atoms with Crippen LogP contribution >= 0.6 is 177 Å². The molecule has 0 unspecified atom stereocenters. The molecule has 1 atom stereocenters. The van der Waals surface area contributed by atoms with Crippen molar-refractivity contribution in [3.05, 3.63) is 183 Å². The molecule has 1 fully saturated rings. The average Bonchev–Trinajstić information content (AvgIpc) is 3.09. The molecular weight excluding hydrogens is 1690 g/mol. The number of pyridine rings is 5. The highest BCUT2D eigenvalue weighted by Gasteiger charge is 2.52. The second-order valence-electron chi connectivity index (χ2n) is 20.2. The van der Waals surface area contributed by atoms with E-state index in [1.54, 1.807) is 37.5 Å². The highest BCUT2D eigenvalue weighted by Crippen LogP contribution is 2.44. The number of aryl methyl sites for hydroxylation is 2. The molecule has 30 heteroatoms. The number of aromatic nitrogens is 6. The molecule has 88 heavy (non-hydrogen) atoms. The molecule has 6 aromatic heterocycles. The third-order valence-electron chi connectivity index (χ3n) is 12.0. The van der Waals surface area contributed by atoms with Crippen molar-refractivity contribution < 1.29 is 45.9 Å². The van der Waals surface area contributed by atoms with Gasteiger partial charge in [-0.15, -0.1) is 11.3 Å². The van der Waals surface area contributed by atoms with Crippen molar-refractivity contribution in [3.63, 3.8) is 0 Å². The first-order chi connectivity index (χ1) is 41.0. The summed E-state index contributed by atoms with van der Waals surface area (Å²) < 4.78 is 77.9. The number of thiazole rings is 1. The number of hydrogen-bond donors (Lipinski definition) is 0. The van der Waals surface area contributed by atoms with Crippen LogP contribution in [0.3, 0.4) is 0 Å². The first-order valence-corrected chi connectivity index (χ1v) is 33.7. The quantitative estimate of drug-likeness (QED) is 0.0320. The van der Waals surface area contributed by atoms with Gasteiger partial charge >= 0.3 is 13.1 Å². The van der Waals surface area contributed by atoms with Crippen LogP contribution < -0.4 is 5.46 Å². The molecule has 7 heterocycles. The summed E-state index contributed by atoms with van der Waals surface area (Å²) in [4.78, 5) is 46.5. The van der Waals surface area contributed by atoms with E-state index in [0.717, 1.165) is 74.2 Å². The lowest BCUT2D eigenvalue weighted by Gasteiger charge is -2.32. The Kier molecular flexibility index (Phi) is 31.6. The number of nitrogens with zero attached hydrogens (tertiary/aromatic N) is 6. The van der Waals surface area contributed by atoms with E-state index in [0.29, 0.717) is 36.8 Å². The summed E-state index contributed by atoms with van der Waals surface area (Å²) in [5.41, 5.74) is 5.30. The van der Waals surface area contributed by atoms with Crippen LogP contribution in [0.5, 0.6) is 0 Å². The van der Waals surface area contributed by atoms with Crippen LogP contribution in [0, 0.1) is 13.8 Å². The lowest BCUT2D eigenvalue weighted by molar-refractivity contribution is -0.166. The Morgan fingerprint density at radius 2 is 1.17 bits per heavy atom. The number of ether oxygens (including phenoxy) is 2. The number of hydrogen-bond acceptors (Lipinski definition) is 13. The number of rotatable bonds is 10. The number of alkyl halides is 5. The average molecular weight is 1740 g/mol. The Bertz CT molecular complexity index is 3670. The maximum Gasteiger partial charge on any atom is 0.495 e. The molecule has 0 radical (unpaired) electrons. The molecule has 2 aromatic carbocycles. The molecule has 0 N–H and O–H groups in total. The largest absolute Gasteiger partial charge is 0.495 e.